The van der Waals surface area contributed by atoms with Gasteiger partial charge in [-0.2, -0.15) is 5.10 Å². The SMILES string of the molecule is CC(C)CN1CCC(C(=O)Nc2cc3cc(-c4ccn(C)n4)ccc3cn2)CC1. The largest absolute Gasteiger partial charge is 0.310 e. The average Bonchev–Trinajstić information content (AvgIpc) is 3.14. The summed E-state index contributed by atoms with van der Waals surface area (Å²) in [4.78, 5) is 19.6. The van der Waals surface area contributed by atoms with Crippen LogP contribution >= 0.6 is 0 Å². The molecular formula is C23H29N5O. The Morgan fingerprint density at radius 2 is 1.97 bits per heavy atom. The number of hydrogen-bond donors (Lipinski definition) is 1. The highest BCUT2D eigenvalue weighted by molar-refractivity contribution is 5.95. The number of hydrogen-bond acceptors (Lipinski definition) is 4. The lowest BCUT2D eigenvalue weighted by Crippen LogP contribution is -2.39. The van der Waals surface area contributed by atoms with E-state index in [1.54, 1.807) is 4.68 Å². The van der Waals surface area contributed by atoms with Crippen molar-refractivity contribution in [2.24, 2.45) is 18.9 Å². The minimum absolute atomic E-state index is 0.0655. The summed E-state index contributed by atoms with van der Waals surface area (Å²) in [5.41, 5.74) is 1.99. The average molecular weight is 392 g/mol. The van der Waals surface area contributed by atoms with Crippen molar-refractivity contribution < 1.29 is 4.79 Å². The smallest absolute Gasteiger partial charge is 0.228 e. The molecule has 2 aromatic heterocycles. The van der Waals surface area contributed by atoms with Crippen LogP contribution in [0.1, 0.15) is 26.7 Å². The molecule has 0 aliphatic carbocycles. The van der Waals surface area contributed by atoms with Crippen molar-refractivity contribution in [3.63, 3.8) is 0 Å². The number of likely N-dealkylation sites (tertiary alicyclic amines) is 1. The number of piperidine rings is 1. The van der Waals surface area contributed by atoms with Crippen LogP contribution in [0.2, 0.25) is 0 Å². The molecule has 1 aliphatic heterocycles. The fourth-order valence-electron chi connectivity index (χ4n) is 4.06. The molecule has 3 heterocycles. The number of carbonyl (C=O) groups excluding carboxylic acids is 1. The van der Waals surface area contributed by atoms with Crippen molar-refractivity contribution in [1.29, 1.82) is 0 Å². The highest BCUT2D eigenvalue weighted by atomic mass is 16.1. The lowest BCUT2D eigenvalue weighted by atomic mass is 9.95. The van der Waals surface area contributed by atoms with Crippen LogP contribution in [0, 0.1) is 11.8 Å². The van der Waals surface area contributed by atoms with E-state index in [2.05, 4.69) is 46.3 Å². The molecule has 0 spiro atoms. The lowest BCUT2D eigenvalue weighted by molar-refractivity contribution is -0.121. The monoisotopic (exact) mass is 391 g/mol. The van der Waals surface area contributed by atoms with Crippen LogP contribution in [0.25, 0.3) is 22.0 Å². The second-order valence-electron chi connectivity index (χ2n) is 8.46. The van der Waals surface area contributed by atoms with Crippen LogP contribution in [0.4, 0.5) is 5.82 Å². The van der Waals surface area contributed by atoms with Gasteiger partial charge in [0.1, 0.15) is 5.82 Å². The van der Waals surface area contributed by atoms with Crippen molar-refractivity contribution in [1.82, 2.24) is 19.7 Å². The normalized spacial score (nSPS) is 15.9. The molecule has 152 valence electrons. The van der Waals surface area contributed by atoms with Crippen LogP contribution in [-0.2, 0) is 11.8 Å². The summed E-state index contributed by atoms with van der Waals surface area (Å²) in [7, 11) is 1.91. The Morgan fingerprint density at radius 3 is 2.66 bits per heavy atom. The van der Waals surface area contributed by atoms with Crippen molar-refractivity contribution in [3.8, 4) is 11.3 Å². The number of nitrogens with zero attached hydrogens (tertiary/aromatic N) is 4. The summed E-state index contributed by atoms with van der Waals surface area (Å²) in [6.07, 6.45) is 5.58. The van der Waals surface area contributed by atoms with Gasteiger partial charge in [0.05, 0.1) is 5.69 Å². The van der Waals surface area contributed by atoms with Gasteiger partial charge in [0, 0.05) is 42.9 Å². The highest BCUT2D eigenvalue weighted by Gasteiger charge is 2.25. The standard InChI is InChI=1S/C23H29N5O/c1-16(2)15-28-10-6-17(7-11-28)23(29)25-22-13-20-12-18(4-5-19(20)14-24-22)21-8-9-27(3)26-21/h4-5,8-9,12-14,16-17H,6-7,10-11,15H2,1-3H3,(H,24,25,29). The number of fused-ring (bicyclic) bond motifs is 1. The van der Waals surface area contributed by atoms with Crippen molar-refractivity contribution in [3.05, 3.63) is 42.7 Å². The summed E-state index contributed by atoms with van der Waals surface area (Å²) in [5, 5.41) is 9.60. The van der Waals surface area contributed by atoms with Crippen LogP contribution in [0.3, 0.4) is 0 Å². The molecule has 0 atom stereocenters. The number of carbonyl (C=O) groups is 1. The molecule has 1 amide bonds. The van der Waals surface area contributed by atoms with E-state index in [9.17, 15) is 4.79 Å². The first kappa shape index (κ1) is 19.6. The van der Waals surface area contributed by atoms with Gasteiger partial charge < -0.3 is 10.2 Å². The minimum atomic E-state index is 0.0655. The molecule has 6 nitrogen and oxygen atoms in total. The van der Waals surface area contributed by atoms with Gasteiger partial charge in [-0.3, -0.25) is 9.48 Å². The third kappa shape index (κ3) is 4.65. The maximum atomic E-state index is 12.7. The summed E-state index contributed by atoms with van der Waals surface area (Å²) < 4.78 is 1.80. The molecule has 29 heavy (non-hydrogen) atoms. The Morgan fingerprint density at radius 1 is 1.17 bits per heavy atom. The number of rotatable bonds is 5. The molecule has 1 fully saturated rings. The zero-order valence-electron chi connectivity index (χ0n) is 17.4. The van der Waals surface area contributed by atoms with Gasteiger partial charge in [-0.25, -0.2) is 4.98 Å². The number of nitrogens with one attached hydrogen (secondary N) is 1. The van der Waals surface area contributed by atoms with Gasteiger partial charge in [-0.05, 0) is 55.4 Å². The van der Waals surface area contributed by atoms with Gasteiger partial charge in [-0.15, -0.1) is 0 Å². The fourth-order valence-corrected chi connectivity index (χ4v) is 4.06. The Kier molecular flexibility index (Phi) is 5.62. The molecule has 1 saturated heterocycles. The zero-order valence-corrected chi connectivity index (χ0v) is 17.4. The Labute approximate surface area is 171 Å². The summed E-state index contributed by atoms with van der Waals surface area (Å²) >= 11 is 0. The summed E-state index contributed by atoms with van der Waals surface area (Å²) in [5.74, 6) is 1.43. The van der Waals surface area contributed by atoms with E-state index >= 15 is 0 Å². The zero-order chi connectivity index (χ0) is 20.4. The number of pyridine rings is 1. The first-order valence-corrected chi connectivity index (χ1v) is 10.4. The first-order chi connectivity index (χ1) is 14.0. The molecule has 6 heteroatoms. The predicted octanol–water partition coefficient (Wildman–Crippen LogP) is 3.94. The van der Waals surface area contributed by atoms with Crippen LogP contribution in [-0.4, -0.2) is 45.2 Å². The van der Waals surface area contributed by atoms with Crippen LogP contribution < -0.4 is 5.32 Å². The molecule has 0 bridgehead atoms. The van der Waals surface area contributed by atoms with Crippen molar-refractivity contribution in [2.45, 2.75) is 26.7 Å². The predicted molar refractivity (Wildman–Crippen MR) is 117 cm³/mol. The molecule has 4 rings (SSSR count). The Hall–Kier alpha value is -2.73. The first-order valence-electron chi connectivity index (χ1n) is 10.4. The van der Waals surface area contributed by atoms with E-state index in [4.69, 9.17) is 0 Å². The van der Waals surface area contributed by atoms with E-state index in [-0.39, 0.29) is 11.8 Å². The maximum Gasteiger partial charge on any atom is 0.228 e. The third-order valence-electron chi connectivity index (χ3n) is 5.56. The summed E-state index contributed by atoms with van der Waals surface area (Å²) in [6.45, 7) is 7.58. The fraction of sp³-hybridized carbons (Fsp3) is 0.435. The molecule has 3 aromatic rings. The van der Waals surface area contributed by atoms with Crippen molar-refractivity contribution >= 4 is 22.5 Å². The second kappa shape index (κ2) is 8.33. The lowest BCUT2D eigenvalue weighted by Gasteiger charge is -2.32. The summed E-state index contributed by atoms with van der Waals surface area (Å²) in [6, 6.07) is 10.1. The quantitative estimate of drug-likeness (QED) is 0.715. The number of aryl methyl sites for hydroxylation is 1. The van der Waals surface area contributed by atoms with E-state index < -0.39 is 0 Å². The van der Waals surface area contributed by atoms with Gasteiger partial charge in [0.15, 0.2) is 0 Å². The van der Waals surface area contributed by atoms with Crippen LogP contribution in [0.15, 0.2) is 42.7 Å². The molecular weight excluding hydrogens is 362 g/mol. The van der Waals surface area contributed by atoms with Gasteiger partial charge >= 0.3 is 0 Å². The Bertz CT molecular complexity index is 1000. The Balaban J connectivity index is 1.44. The number of amides is 1. The molecule has 0 unspecified atom stereocenters. The maximum absolute atomic E-state index is 12.7. The second-order valence-corrected chi connectivity index (χ2v) is 8.46. The topological polar surface area (TPSA) is 63.1 Å². The van der Waals surface area contributed by atoms with E-state index in [1.807, 2.05) is 37.6 Å². The molecule has 1 N–H and O–H groups in total. The van der Waals surface area contributed by atoms with E-state index in [0.717, 1.165) is 54.5 Å². The minimum Gasteiger partial charge on any atom is -0.310 e. The molecule has 0 radical (unpaired) electrons. The van der Waals surface area contributed by atoms with E-state index in [1.165, 1.54) is 0 Å². The highest BCUT2D eigenvalue weighted by Crippen LogP contribution is 2.25. The van der Waals surface area contributed by atoms with E-state index in [0.29, 0.717) is 11.7 Å². The van der Waals surface area contributed by atoms with Gasteiger partial charge in [0.2, 0.25) is 5.91 Å². The number of benzene rings is 1. The molecule has 1 aromatic carbocycles. The molecule has 0 saturated carbocycles. The number of aromatic nitrogens is 3. The molecule has 1 aliphatic rings. The third-order valence-corrected chi connectivity index (χ3v) is 5.56. The van der Waals surface area contributed by atoms with Gasteiger partial charge in [-0.1, -0.05) is 26.0 Å². The number of anilines is 1. The van der Waals surface area contributed by atoms with Crippen molar-refractivity contribution in [2.75, 3.05) is 25.0 Å². The van der Waals surface area contributed by atoms with Crippen LogP contribution in [0.5, 0.6) is 0 Å². The van der Waals surface area contributed by atoms with Gasteiger partial charge in [0.25, 0.3) is 0 Å².